The summed E-state index contributed by atoms with van der Waals surface area (Å²) in [5.74, 6) is -0.265. The molecule has 1 saturated heterocycles. The molecule has 2 heterocycles. The molecular weight excluding hydrogens is 258 g/mol. The minimum Gasteiger partial charge on any atom is -0.478 e. The number of furan rings is 1. The normalized spacial score (nSPS) is 26.3. The van der Waals surface area contributed by atoms with Gasteiger partial charge in [-0.05, 0) is 19.4 Å². The largest absolute Gasteiger partial charge is 0.478 e. The standard InChI is InChI=1S/C11H15NO5S/c1-11(2-3-18(15,16)7-11)12-5-9-4-8(6-17-9)10(13)14/h4,6,12H,2-3,5,7H2,1H3,(H,13,14). The summed E-state index contributed by atoms with van der Waals surface area (Å²) in [5, 5.41) is 11.9. The fourth-order valence-electron chi connectivity index (χ4n) is 2.04. The molecule has 7 heteroatoms. The van der Waals surface area contributed by atoms with Crippen LogP contribution in [-0.2, 0) is 16.4 Å². The summed E-state index contributed by atoms with van der Waals surface area (Å²) in [6.07, 6.45) is 1.73. The van der Waals surface area contributed by atoms with E-state index in [9.17, 15) is 13.2 Å². The molecule has 0 radical (unpaired) electrons. The molecule has 0 aliphatic carbocycles. The van der Waals surface area contributed by atoms with Gasteiger partial charge in [0.25, 0.3) is 0 Å². The van der Waals surface area contributed by atoms with E-state index in [-0.39, 0.29) is 17.1 Å². The molecule has 0 bridgehead atoms. The predicted molar refractivity (Wildman–Crippen MR) is 64.2 cm³/mol. The van der Waals surface area contributed by atoms with Gasteiger partial charge >= 0.3 is 5.97 Å². The Hall–Kier alpha value is -1.34. The fraction of sp³-hybridized carbons (Fsp3) is 0.545. The van der Waals surface area contributed by atoms with Crippen molar-refractivity contribution in [3.8, 4) is 0 Å². The van der Waals surface area contributed by atoms with Gasteiger partial charge in [-0.3, -0.25) is 0 Å². The number of carboxylic acid groups (broad SMARTS) is 1. The molecule has 0 saturated carbocycles. The molecule has 1 unspecified atom stereocenters. The molecule has 1 aliphatic rings. The van der Waals surface area contributed by atoms with Crippen LogP contribution in [0.15, 0.2) is 16.7 Å². The van der Waals surface area contributed by atoms with Crippen LogP contribution in [0.3, 0.4) is 0 Å². The second-order valence-electron chi connectivity index (χ2n) is 4.86. The van der Waals surface area contributed by atoms with Gasteiger partial charge in [0.05, 0.1) is 23.6 Å². The molecule has 0 spiro atoms. The van der Waals surface area contributed by atoms with E-state index in [2.05, 4.69) is 5.32 Å². The third kappa shape index (κ3) is 2.91. The maximum atomic E-state index is 11.4. The summed E-state index contributed by atoms with van der Waals surface area (Å²) in [6, 6.07) is 1.43. The SMILES string of the molecule is CC1(NCc2cc(C(=O)O)co2)CCS(=O)(=O)C1. The van der Waals surface area contributed by atoms with Crippen molar-refractivity contribution < 1.29 is 22.7 Å². The van der Waals surface area contributed by atoms with Crippen LogP contribution < -0.4 is 5.32 Å². The molecule has 1 aromatic rings. The maximum Gasteiger partial charge on any atom is 0.338 e. The van der Waals surface area contributed by atoms with Crippen LogP contribution in [0.4, 0.5) is 0 Å². The van der Waals surface area contributed by atoms with Crippen LogP contribution in [0.25, 0.3) is 0 Å². The number of rotatable bonds is 4. The van der Waals surface area contributed by atoms with Crippen LogP contribution in [0.5, 0.6) is 0 Å². The van der Waals surface area contributed by atoms with E-state index >= 15 is 0 Å². The minimum atomic E-state index is -2.95. The summed E-state index contributed by atoms with van der Waals surface area (Å²) >= 11 is 0. The summed E-state index contributed by atoms with van der Waals surface area (Å²) in [4.78, 5) is 10.7. The quantitative estimate of drug-likeness (QED) is 0.836. The smallest absolute Gasteiger partial charge is 0.338 e. The number of aromatic carboxylic acids is 1. The van der Waals surface area contributed by atoms with Gasteiger partial charge in [-0.2, -0.15) is 0 Å². The van der Waals surface area contributed by atoms with Crippen molar-refractivity contribution in [1.29, 1.82) is 0 Å². The molecule has 6 nitrogen and oxygen atoms in total. The third-order valence-corrected chi connectivity index (χ3v) is 5.00. The Balaban J connectivity index is 1.97. The van der Waals surface area contributed by atoms with Crippen LogP contribution in [0.1, 0.15) is 29.5 Å². The van der Waals surface area contributed by atoms with Crippen molar-refractivity contribution in [3.63, 3.8) is 0 Å². The second kappa shape index (κ2) is 4.40. The Morgan fingerprint density at radius 1 is 1.61 bits per heavy atom. The minimum absolute atomic E-state index is 0.0935. The van der Waals surface area contributed by atoms with Crippen molar-refractivity contribution >= 4 is 15.8 Å². The molecule has 1 aliphatic heterocycles. The first-order chi connectivity index (χ1) is 8.30. The van der Waals surface area contributed by atoms with E-state index in [0.717, 1.165) is 0 Å². The van der Waals surface area contributed by atoms with Gasteiger partial charge in [0.15, 0.2) is 9.84 Å². The van der Waals surface area contributed by atoms with E-state index in [1.165, 1.54) is 12.3 Å². The van der Waals surface area contributed by atoms with Gasteiger partial charge in [0.1, 0.15) is 12.0 Å². The van der Waals surface area contributed by atoms with Crippen molar-refractivity contribution in [2.45, 2.75) is 25.4 Å². The molecule has 1 fully saturated rings. The lowest BCUT2D eigenvalue weighted by atomic mass is 10.0. The van der Waals surface area contributed by atoms with Crippen LogP contribution in [0, 0.1) is 0 Å². The van der Waals surface area contributed by atoms with E-state index in [1.807, 2.05) is 6.92 Å². The zero-order valence-corrected chi connectivity index (χ0v) is 10.8. The highest BCUT2D eigenvalue weighted by Crippen LogP contribution is 2.23. The molecule has 1 aromatic heterocycles. The number of hydrogen-bond acceptors (Lipinski definition) is 5. The Labute approximate surface area is 105 Å². The number of sulfone groups is 1. The van der Waals surface area contributed by atoms with Crippen molar-refractivity contribution in [2.24, 2.45) is 0 Å². The van der Waals surface area contributed by atoms with E-state index in [4.69, 9.17) is 9.52 Å². The van der Waals surface area contributed by atoms with Gasteiger partial charge in [0.2, 0.25) is 0 Å². The average molecular weight is 273 g/mol. The monoisotopic (exact) mass is 273 g/mol. The summed E-state index contributed by atoms with van der Waals surface area (Å²) in [5.41, 5.74) is -0.370. The Morgan fingerprint density at radius 2 is 2.33 bits per heavy atom. The molecule has 0 aromatic carbocycles. The molecule has 2 N–H and O–H groups in total. The number of nitrogens with one attached hydrogen (secondary N) is 1. The Morgan fingerprint density at radius 3 is 2.83 bits per heavy atom. The molecule has 1 atom stereocenters. The van der Waals surface area contributed by atoms with Gasteiger partial charge in [-0.25, -0.2) is 13.2 Å². The summed E-state index contributed by atoms with van der Waals surface area (Å²) in [7, 11) is -2.95. The lowest BCUT2D eigenvalue weighted by molar-refractivity contribution is 0.0696. The first-order valence-corrected chi connectivity index (χ1v) is 7.38. The Bertz CT molecular complexity index is 562. The fourth-order valence-corrected chi connectivity index (χ4v) is 4.16. The molecular formula is C11H15NO5S. The second-order valence-corrected chi connectivity index (χ2v) is 7.05. The lowest BCUT2D eigenvalue weighted by Crippen LogP contribution is -2.42. The number of carbonyl (C=O) groups is 1. The zero-order chi connectivity index (χ0) is 13.4. The highest BCUT2D eigenvalue weighted by Gasteiger charge is 2.37. The van der Waals surface area contributed by atoms with Crippen LogP contribution >= 0.6 is 0 Å². The van der Waals surface area contributed by atoms with Gasteiger partial charge in [-0.15, -0.1) is 0 Å². The van der Waals surface area contributed by atoms with Gasteiger partial charge < -0.3 is 14.8 Å². The van der Waals surface area contributed by atoms with Gasteiger partial charge in [0, 0.05) is 5.54 Å². The van der Waals surface area contributed by atoms with E-state index in [0.29, 0.717) is 18.7 Å². The summed E-state index contributed by atoms with van der Waals surface area (Å²) in [6.45, 7) is 2.16. The topological polar surface area (TPSA) is 96.6 Å². The molecule has 0 amide bonds. The summed E-state index contributed by atoms with van der Waals surface area (Å²) < 4.78 is 27.9. The average Bonchev–Trinajstić information content (AvgIpc) is 2.81. The number of hydrogen-bond donors (Lipinski definition) is 2. The highest BCUT2D eigenvalue weighted by atomic mass is 32.2. The van der Waals surface area contributed by atoms with E-state index in [1.54, 1.807) is 0 Å². The molecule has 2 rings (SSSR count). The molecule has 18 heavy (non-hydrogen) atoms. The maximum absolute atomic E-state index is 11.4. The lowest BCUT2D eigenvalue weighted by Gasteiger charge is -2.23. The molecule has 100 valence electrons. The van der Waals surface area contributed by atoms with Crippen molar-refractivity contribution in [3.05, 3.63) is 23.7 Å². The van der Waals surface area contributed by atoms with Crippen LogP contribution in [-0.4, -0.2) is 36.5 Å². The first-order valence-electron chi connectivity index (χ1n) is 5.56. The predicted octanol–water partition coefficient (Wildman–Crippen LogP) is 0.645. The van der Waals surface area contributed by atoms with Crippen LogP contribution in [0.2, 0.25) is 0 Å². The third-order valence-electron chi connectivity index (χ3n) is 3.09. The highest BCUT2D eigenvalue weighted by molar-refractivity contribution is 7.91. The first kappa shape index (κ1) is 13.1. The zero-order valence-electron chi connectivity index (χ0n) is 9.97. The number of carboxylic acids is 1. The van der Waals surface area contributed by atoms with E-state index < -0.39 is 21.3 Å². The van der Waals surface area contributed by atoms with Crippen molar-refractivity contribution in [2.75, 3.05) is 11.5 Å². The van der Waals surface area contributed by atoms with Crippen molar-refractivity contribution in [1.82, 2.24) is 5.32 Å². The van der Waals surface area contributed by atoms with Gasteiger partial charge in [-0.1, -0.05) is 0 Å². The Kier molecular flexibility index (Phi) is 3.20.